The molecule has 0 saturated carbocycles. The van der Waals surface area contributed by atoms with E-state index < -0.39 is 0 Å². The summed E-state index contributed by atoms with van der Waals surface area (Å²) in [6.45, 7) is 0.846. The molecule has 2 nitrogen and oxygen atoms in total. The van der Waals surface area contributed by atoms with Crippen LogP contribution < -0.4 is 10.6 Å². The van der Waals surface area contributed by atoms with Gasteiger partial charge in [0.15, 0.2) is 0 Å². The number of hydrogen-bond donors (Lipinski definition) is 2. The summed E-state index contributed by atoms with van der Waals surface area (Å²) in [5.41, 5.74) is 4.63. The zero-order valence-electron chi connectivity index (χ0n) is 7.88. The van der Waals surface area contributed by atoms with Gasteiger partial charge in [0.1, 0.15) is 0 Å². The van der Waals surface area contributed by atoms with Crippen molar-refractivity contribution in [2.24, 2.45) is 0 Å². The normalized spacial score (nSPS) is 13.1. The van der Waals surface area contributed by atoms with Crippen LogP contribution in [-0.2, 0) is 6.54 Å². The van der Waals surface area contributed by atoms with Crippen molar-refractivity contribution in [3.63, 3.8) is 0 Å². The van der Waals surface area contributed by atoms with Crippen molar-refractivity contribution in [3.05, 3.63) is 39.5 Å². The molecule has 4 heteroatoms. The maximum absolute atomic E-state index is 5.95. The molecule has 0 unspecified atom stereocenters. The molecule has 0 amide bonds. The molecule has 1 aromatic carbocycles. The SMILES string of the molecule is Clc1ccc2c(c1)NCc1cscc1N2. The zero-order chi connectivity index (χ0) is 10.3. The van der Waals surface area contributed by atoms with Gasteiger partial charge in [0.2, 0.25) is 0 Å². The molecule has 0 saturated heterocycles. The Bertz CT molecular complexity index is 507. The Morgan fingerprint density at radius 1 is 1.13 bits per heavy atom. The van der Waals surface area contributed by atoms with Crippen LogP contribution in [-0.4, -0.2) is 0 Å². The fraction of sp³-hybridized carbons (Fsp3) is 0.0909. The summed E-state index contributed by atoms with van der Waals surface area (Å²) in [6.07, 6.45) is 0. The van der Waals surface area contributed by atoms with Crippen molar-refractivity contribution in [2.45, 2.75) is 6.54 Å². The van der Waals surface area contributed by atoms with Crippen molar-refractivity contribution >= 4 is 40.0 Å². The van der Waals surface area contributed by atoms with E-state index in [4.69, 9.17) is 11.6 Å². The molecule has 1 aliphatic heterocycles. The minimum Gasteiger partial charge on any atom is -0.379 e. The van der Waals surface area contributed by atoms with Crippen LogP contribution in [0.5, 0.6) is 0 Å². The summed E-state index contributed by atoms with van der Waals surface area (Å²) in [5.74, 6) is 0. The first kappa shape index (κ1) is 9.07. The molecule has 0 aliphatic carbocycles. The third-order valence-corrected chi connectivity index (χ3v) is 3.49. The topological polar surface area (TPSA) is 24.1 Å². The van der Waals surface area contributed by atoms with Gasteiger partial charge in [0, 0.05) is 22.5 Å². The minimum atomic E-state index is 0.757. The summed E-state index contributed by atoms with van der Waals surface area (Å²) in [4.78, 5) is 0. The van der Waals surface area contributed by atoms with E-state index in [9.17, 15) is 0 Å². The highest BCUT2D eigenvalue weighted by Crippen LogP contribution is 2.34. The van der Waals surface area contributed by atoms with Crippen LogP contribution in [0.15, 0.2) is 29.0 Å². The van der Waals surface area contributed by atoms with E-state index in [1.54, 1.807) is 11.3 Å². The first-order chi connectivity index (χ1) is 7.33. The first-order valence-corrected chi connectivity index (χ1v) is 6.00. The molecule has 0 spiro atoms. The maximum atomic E-state index is 5.95. The van der Waals surface area contributed by atoms with Gasteiger partial charge >= 0.3 is 0 Å². The number of fused-ring (bicyclic) bond motifs is 2. The summed E-state index contributed by atoms with van der Waals surface area (Å²) in [5, 5.41) is 11.8. The van der Waals surface area contributed by atoms with E-state index in [-0.39, 0.29) is 0 Å². The average Bonchev–Trinajstić information content (AvgIpc) is 2.59. The molecule has 2 heterocycles. The predicted octanol–water partition coefficient (Wildman–Crippen LogP) is 4.07. The van der Waals surface area contributed by atoms with Gasteiger partial charge in [0.25, 0.3) is 0 Å². The number of benzene rings is 1. The predicted molar refractivity (Wildman–Crippen MR) is 66.4 cm³/mol. The second-order valence-corrected chi connectivity index (χ2v) is 4.66. The van der Waals surface area contributed by atoms with Crippen LogP contribution in [0.25, 0.3) is 0 Å². The van der Waals surface area contributed by atoms with Crippen molar-refractivity contribution in [3.8, 4) is 0 Å². The Morgan fingerprint density at radius 3 is 3.00 bits per heavy atom. The van der Waals surface area contributed by atoms with Crippen LogP contribution in [0.1, 0.15) is 5.56 Å². The van der Waals surface area contributed by atoms with Gasteiger partial charge in [-0.25, -0.2) is 0 Å². The van der Waals surface area contributed by atoms with E-state index in [0.717, 1.165) is 22.9 Å². The average molecular weight is 237 g/mol. The summed E-state index contributed by atoms with van der Waals surface area (Å²) in [7, 11) is 0. The molecule has 0 bridgehead atoms. The molecule has 76 valence electrons. The van der Waals surface area contributed by atoms with Gasteiger partial charge in [-0.2, -0.15) is 0 Å². The lowest BCUT2D eigenvalue weighted by molar-refractivity contribution is 1.18. The maximum Gasteiger partial charge on any atom is 0.0621 e. The molecule has 3 rings (SSSR count). The molecule has 1 aromatic heterocycles. The van der Waals surface area contributed by atoms with Crippen molar-refractivity contribution in [1.82, 2.24) is 0 Å². The summed E-state index contributed by atoms with van der Waals surface area (Å²) < 4.78 is 0. The Labute approximate surface area is 96.9 Å². The van der Waals surface area contributed by atoms with Crippen LogP contribution in [0, 0.1) is 0 Å². The highest BCUT2D eigenvalue weighted by molar-refractivity contribution is 7.08. The number of nitrogens with one attached hydrogen (secondary N) is 2. The monoisotopic (exact) mass is 236 g/mol. The molecular formula is C11H9ClN2S. The van der Waals surface area contributed by atoms with Crippen LogP contribution in [0.4, 0.5) is 17.1 Å². The number of rotatable bonds is 0. The van der Waals surface area contributed by atoms with E-state index >= 15 is 0 Å². The second kappa shape index (κ2) is 3.43. The Morgan fingerprint density at radius 2 is 2.07 bits per heavy atom. The van der Waals surface area contributed by atoms with Gasteiger partial charge in [-0.1, -0.05) is 11.6 Å². The summed E-state index contributed by atoms with van der Waals surface area (Å²) >= 11 is 7.66. The van der Waals surface area contributed by atoms with Crippen molar-refractivity contribution < 1.29 is 0 Å². The number of thiophene rings is 1. The Hall–Kier alpha value is -1.19. The Kier molecular flexibility index (Phi) is 2.08. The van der Waals surface area contributed by atoms with E-state index in [0.29, 0.717) is 0 Å². The fourth-order valence-electron chi connectivity index (χ4n) is 1.68. The number of halogens is 1. The highest BCUT2D eigenvalue weighted by Gasteiger charge is 2.12. The van der Waals surface area contributed by atoms with E-state index in [1.807, 2.05) is 18.2 Å². The lowest BCUT2D eigenvalue weighted by Crippen LogP contribution is -1.96. The number of hydrogen-bond acceptors (Lipinski definition) is 3. The molecule has 2 aromatic rings. The van der Waals surface area contributed by atoms with Crippen LogP contribution >= 0.6 is 22.9 Å². The van der Waals surface area contributed by atoms with Gasteiger partial charge in [0.05, 0.1) is 17.1 Å². The first-order valence-electron chi connectivity index (χ1n) is 4.68. The second-order valence-electron chi connectivity index (χ2n) is 3.48. The minimum absolute atomic E-state index is 0.757. The van der Waals surface area contributed by atoms with Crippen LogP contribution in [0.2, 0.25) is 5.02 Å². The van der Waals surface area contributed by atoms with Gasteiger partial charge in [-0.3, -0.25) is 0 Å². The smallest absolute Gasteiger partial charge is 0.0621 e. The molecule has 2 N–H and O–H groups in total. The molecule has 0 radical (unpaired) electrons. The summed E-state index contributed by atoms with van der Waals surface area (Å²) in [6, 6.07) is 5.84. The lowest BCUT2D eigenvalue weighted by Gasteiger charge is -2.08. The third-order valence-electron chi connectivity index (χ3n) is 2.46. The van der Waals surface area contributed by atoms with Gasteiger partial charge in [-0.15, -0.1) is 11.3 Å². The molecular weight excluding hydrogens is 228 g/mol. The number of anilines is 3. The zero-order valence-corrected chi connectivity index (χ0v) is 9.45. The lowest BCUT2D eigenvalue weighted by atomic mass is 10.2. The standard InChI is InChI=1S/C11H9ClN2S/c12-8-1-2-9-10(3-8)13-4-7-5-15-6-11(7)14-9/h1-3,5-6,13-14H,4H2. The van der Waals surface area contributed by atoms with Gasteiger partial charge < -0.3 is 10.6 Å². The molecule has 0 atom stereocenters. The molecule has 15 heavy (non-hydrogen) atoms. The van der Waals surface area contributed by atoms with Crippen molar-refractivity contribution in [2.75, 3.05) is 10.6 Å². The largest absolute Gasteiger partial charge is 0.379 e. The molecule has 1 aliphatic rings. The van der Waals surface area contributed by atoms with Crippen LogP contribution in [0.3, 0.4) is 0 Å². The Balaban J connectivity index is 2.08. The highest BCUT2D eigenvalue weighted by atomic mass is 35.5. The van der Waals surface area contributed by atoms with E-state index in [2.05, 4.69) is 21.4 Å². The quantitative estimate of drug-likeness (QED) is 0.721. The van der Waals surface area contributed by atoms with Gasteiger partial charge in [-0.05, 0) is 23.6 Å². The van der Waals surface area contributed by atoms with E-state index in [1.165, 1.54) is 11.3 Å². The fourth-order valence-corrected chi connectivity index (χ4v) is 2.64. The molecule has 0 fully saturated rings. The third kappa shape index (κ3) is 1.58. The van der Waals surface area contributed by atoms with Crippen molar-refractivity contribution in [1.29, 1.82) is 0 Å².